The topological polar surface area (TPSA) is 75.4 Å². The summed E-state index contributed by atoms with van der Waals surface area (Å²) < 4.78 is 16.2. The maximum Gasteiger partial charge on any atom is 0.306 e. The highest BCUT2D eigenvalue weighted by Crippen LogP contribution is 2.50. The van der Waals surface area contributed by atoms with E-state index >= 15 is 0 Å². The molecule has 2 saturated carbocycles. The van der Waals surface area contributed by atoms with Gasteiger partial charge in [0.15, 0.2) is 0 Å². The van der Waals surface area contributed by atoms with Gasteiger partial charge in [0.2, 0.25) is 5.91 Å². The van der Waals surface area contributed by atoms with Crippen molar-refractivity contribution in [2.45, 2.75) is 58.5 Å². The van der Waals surface area contributed by atoms with Crippen molar-refractivity contribution in [1.29, 1.82) is 0 Å². The molecule has 1 aromatic carbocycles. The molecule has 8 heteroatoms. The molecule has 2 bridgehead atoms. The van der Waals surface area contributed by atoms with E-state index in [0.717, 1.165) is 36.2 Å². The highest BCUT2D eigenvalue weighted by molar-refractivity contribution is 6.30. The Morgan fingerprint density at radius 3 is 2.64 bits per heavy atom. The first-order valence-electron chi connectivity index (χ1n) is 11.8. The van der Waals surface area contributed by atoms with Gasteiger partial charge in [-0.1, -0.05) is 17.7 Å². The van der Waals surface area contributed by atoms with E-state index in [-0.39, 0.29) is 17.6 Å². The number of carbonyl (C=O) groups is 2. The molecule has 2 aromatic rings. The molecule has 0 radical (unpaired) electrons. The van der Waals surface area contributed by atoms with Gasteiger partial charge < -0.3 is 10.0 Å². The number of carbonyl (C=O) groups excluding carboxylic acids is 1. The summed E-state index contributed by atoms with van der Waals surface area (Å²) in [6.45, 7) is 3.39. The van der Waals surface area contributed by atoms with Gasteiger partial charge in [0, 0.05) is 23.6 Å². The Kier molecular flexibility index (Phi) is 5.93. The van der Waals surface area contributed by atoms with Crippen molar-refractivity contribution in [1.82, 2.24) is 14.7 Å². The molecule has 1 aromatic heterocycles. The summed E-state index contributed by atoms with van der Waals surface area (Å²) in [4.78, 5) is 26.6. The lowest BCUT2D eigenvalue weighted by atomic mass is 9.72. The van der Waals surface area contributed by atoms with Crippen LogP contribution >= 0.6 is 11.6 Å². The fourth-order valence-corrected chi connectivity index (χ4v) is 6.51. The number of aliphatic carboxylic acids is 1. The van der Waals surface area contributed by atoms with Crippen LogP contribution in [0.4, 0.5) is 4.39 Å². The third kappa shape index (κ3) is 4.27. The summed E-state index contributed by atoms with van der Waals surface area (Å²) in [7, 11) is 0. The first-order valence-corrected chi connectivity index (χ1v) is 12.2. The van der Waals surface area contributed by atoms with E-state index in [0.29, 0.717) is 67.2 Å². The maximum atomic E-state index is 14.4. The lowest BCUT2D eigenvalue weighted by Gasteiger charge is -2.35. The predicted octanol–water partition coefficient (Wildman–Crippen LogP) is 4.44. The van der Waals surface area contributed by atoms with Crippen LogP contribution in [-0.4, -0.2) is 38.2 Å². The Hall–Kier alpha value is -2.41. The molecule has 6 nitrogen and oxygen atoms in total. The maximum absolute atomic E-state index is 14.4. The molecule has 1 aliphatic heterocycles. The van der Waals surface area contributed by atoms with Crippen LogP contribution in [0.15, 0.2) is 18.2 Å². The second kappa shape index (κ2) is 8.75. The van der Waals surface area contributed by atoms with E-state index in [9.17, 15) is 19.1 Å². The van der Waals surface area contributed by atoms with Crippen molar-refractivity contribution in [3.8, 4) is 0 Å². The molecule has 33 heavy (non-hydrogen) atoms. The van der Waals surface area contributed by atoms with Crippen LogP contribution in [0, 0.1) is 36.4 Å². The van der Waals surface area contributed by atoms with Gasteiger partial charge in [-0.3, -0.25) is 14.3 Å². The van der Waals surface area contributed by atoms with Crippen LogP contribution in [-0.2, 0) is 29.1 Å². The number of carboxylic acid groups (broad SMARTS) is 1. The lowest BCUT2D eigenvalue weighted by molar-refractivity contribution is -0.144. The van der Waals surface area contributed by atoms with Crippen molar-refractivity contribution in [2.24, 2.45) is 23.7 Å². The molecular formula is C25H29ClFN3O3. The number of carboxylic acids is 1. The van der Waals surface area contributed by atoms with E-state index in [1.807, 2.05) is 16.5 Å². The summed E-state index contributed by atoms with van der Waals surface area (Å²) >= 11 is 5.89. The zero-order valence-electron chi connectivity index (χ0n) is 18.8. The fourth-order valence-electron chi connectivity index (χ4n) is 6.35. The average Bonchev–Trinajstić information content (AvgIpc) is 3.19. The Bertz CT molecular complexity index is 1090. The van der Waals surface area contributed by atoms with Gasteiger partial charge in [0.05, 0.1) is 30.4 Å². The van der Waals surface area contributed by atoms with Gasteiger partial charge in [0.1, 0.15) is 5.82 Å². The first kappa shape index (κ1) is 22.4. The van der Waals surface area contributed by atoms with E-state index in [1.54, 1.807) is 12.1 Å². The molecule has 2 aliphatic carbocycles. The van der Waals surface area contributed by atoms with Crippen molar-refractivity contribution in [2.75, 3.05) is 6.54 Å². The molecule has 2 fully saturated rings. The van der Waals surface area contributed by atoms with E-state index < -0.39 is 5.97 Å². The summed E-state index contributed by atoms with van der Waals surface area (Å²) in [6, 6.07) is 4.66. The SMILES string of the molecule is Cc1nn(Cc2ccc(Cl)cc2F)c2c1CCN(C(=O)CC1C3CCC1CC(C(=O)O)C3)C2. The number of benzene rings is 1. The Morgan fingerprint density at radius 2 is 1.97 bits per heavy atom. The van der Waals surface area contributed by atoms with Crippen molar-refractivity contribution >= 4 is 23.5 Å². The highest BCUT2D eigenvalue weighted by atomic mass is 35.5. The largest absolute Gasteiger partial charge is 0.481 e. The van der Waals surface area contributed by atoms with Gasteiger partial charge in [0.25, 0.3) is 0 Å². The standard InChI is InChI=1S/C25H29ClFN3O3/c1-14-20-6-7-29(13-23(20)30(28-14)12-17-4-5-19(26)10-22(17)27)24(31)11-21-15-2-3-16(21)9-18(8-15)25(32)33/h4-5,10,15-16,18,21H,2-3,6-9,11-13H2,1H3,(H,32,33). The minimum Gasteiger partial charge on any atom is -0.481 e. The summed E-state index contributed by atoms with van der Waals surface area (Å²) in [5.74, 6) is -0.188. The van der Waals surface area contributed by atoms with Crippen LogP contribution in [0.3, 0.4) is 0 Å². The molecule has 1 amide bonds. The Morgan fingerprint density at radius 1 is 1.24 bits per heavy atom. The Labute approximate surface area is 197 Å². The molecule has 1 N–H and O–H groups in total. The lowest BCUT2D eigenvalue weighted by Crippen LogP contribution is -2.40. The zero-order valence-corrected chi connectivity index (χ0v) is 19.5. The van der Waals surface area contributed by atoms with Gasteiger partial charge in [-0.25, -0.2) is 4.39 Å². The van der Waals surface area contributed by atoms with E-state index in [2.05, 4.69) is 5.10 Å². The summed E-state index contributed by atoms with van der Waals surface area (Å²) in [5, 5.41) is 14.4. The van der Waals surface area contributed by atoms with Crippen LogP contribution < -0.4 is 0 Å². The number of hydrogen-bond donors (Lipinski definition) is 1. The van der Waals surface area contributed by atoms with Crippen LogP contribution in [0.25, 0.3) is 0 Å². The second-order valence-electron chi connectivity index (χ2n) is 9.94. The fraction of sp³-hybridized carbons (Fsp3) is 0.560. The zero-order chi connectivity index (χ0) is 23.3. The van der Waals surface area contributed by atoms with Crippen molar-refractivity contribution < 1.29 is 19.1 Å². The molecule has 2 heterocycles. The first-order chi connectivity index (χ1) is 15.8. The molecule has 5 rings (SSSR count). The van der Waals surface area contributed by atoms with Crippen LogP contribution in [0.5, 0.6) is 0 Å². The molecule has 176 valence electrons. The number of fused-ring (bicyclic) bond motifs is 3. The summed E-state index contributed by atoms with van der Waals surface area (Å²) in [6.07, 6.45) is 4.72. The van der Waals surface area contributed by atoms with Gasteiger partial charge in [-0.2, -0.15) is 5.10 Å². The minimum atomic E-state index is -0.694. The molecule has 2 atom stereocenters. The molecule has 0 saturated heterocycles. The highest BCUT2D eigenvalue weighted by Gasteiger charge is 2.45. The van der Waals surface area contributed by atoms with E-state index in [4.69, 9.17) is 11.6 Å². The van der Waals surface area contributed by atoms with Gasteiger partial charge >= 0.3 is 5.97 Å². The number of amides is 1. The van der Waals surface area contributed by atoms with Crippen molar-refractivity contribution in [3.63, 3.8) is 0 Å². The third-order valence-corrected chi connectivity index (χ3v) is 8.32. The van der Waals surface area contributed by atoms with E-state index in [1.165, 1.54) is 6.07 Å². The normalized spacial score (nSPS) is 26.3. The minimum absolute atomic E-state index is 0.138. The van der Waals surface area contributed by atoms with Gasteiger partial charge in [-0.05, 0) is 74.5 Å². The smallest absolute Gasteiger partial charge is 0.306 e. The third-order valence-electron chi connectivity index (χ3n) is 8.08. The molecule has 2 unspecified atom stereocenters. The second-order valence-corrected chi connectivity index (χ2v) is 10.4. The number of halogens is 2. The predicted molar refractivity (Wildman–Crippen MR) is 121 cm³/mol. The monoisotopic (exact) mass is 473 g/mol. The quantitative estimate of drug-likeness (QED) is 0.696. The number of aryl methyl sites for hydroxylation is 1. The average molecular weight is 474 g/mol. The number of nitrogens with zero attached hydrogens (tertiary/aromatic N) is 3. The summed E-state index contributed by atoms with van der Waals surface area (Å²) in [5.41, 5.74) is 3.56. The number of aromatic nitrogens is 2. The van der Waals surface area contributed by atoms with Crippen molar-refractivity contribution in [3.05, 3.63) is 51.6 Å². The van der Waals surface area contributed by atoms with Crippen LogP contribution in [0.2, 0.25) is 5.02 Å². The van der Waals surface area contributed by atoms with Gasteiger partial charge in [-0.15, -0.1) is 0 Å². The Balaban J connectivity index is 1.29. The molecule has 3 aliphatic rings. The number of hydrogen-bond acceptors (Lipinski definition) is 3. The molecule has 0 spiro atoms. The number of rotatable bonds is 5. The molecular weight excluding hydrogens is 445 g/mol. The van der Waals surface area contributed by atoms with Crippen LogP contribution in [0.1, 0.15) is 54.6 Å².